The standard InChI is InChI=1S/C10H16N2O2/c1-4-10(2,3)12-7-5-11(6-8-12)9(13)14/h1H,5-8H2,2-3H3,(H,13,14). The van der Waals surface area contributed by atoms with E-state index in [1.807, 2.05) is 13.8 Å². The number of hydrogen-bond donors (Lipinski definition) is 1. The van der Waals surface area contributed by atoms with Gasteiger partial charge in [-0.1, -0.05) is 5.92 Å². The molecular formula is C10H16N2O2. The second-order valence-corrected chi connectivity index (χ2v) is 3.96. The first kappa shape index (κ1) is 10.9. The van der Waals surface area contributed by atoms with Crippen molar-refractivity contribution in [1.29, 1.82) is 0 Å². The zero-order valence-corrected chi connectivity index (χ0v) is 8.66. The summed E-state index contributed by atoms with van der Waals surface area (Å²) >= 11 is 0. The fraction of sp³-hybridized carbons (Fsp3) is 0.700. The van der Waals surface area contributed by atoms with Crippen molar-refractivity contribution in [3.8, 4) is 12.3 Å². The third-order valence-corrected chi connectivity index (χ3v) is 2.69. The number of amides is 1. The van der Waals surface area contributed by atoms with Gasteiger partial charge in [0, 0.05) is 26.2 Å². The van der Waals surface area contributed by atoms with Gasteiger partial charge < -0.3 is 10.0 Å². The lowest BCUT2D eigenvalue weighted by Gasteiger charge is -2.40. The maximum Gasteiger partial charge on any atom is 0.407 e. The fourth-order valence-corrected chi connectivity index (χ4v) is 1.55. The third kappa shape index (κ3) is 2.18. The lowest BCUT2D eigenvalue weighted by Crippen LogP contribution is -2.55. The summed E-state index contributed by atoms with van der Waals surface area (Å²) in [5.74, 6) is 2.72. The van der Waals surface area contributed by atoms with Gasteiger partial charge >= 0.3 is 6.09 Å². The molecule has 1 heterocycles. The Morgan fingerprint density at radius 2 is 1.86 bits per heavy atom. The Bertz CT molecular complexity index is 260. The Morgan fingerprint density at radius 1 is 1.36 bits per heavy atom. The SMILES string of the molecule is C#CC(C)(C)N1CCN(C(=O)O)CC1. The van der Waals surface area contributed by atoms with Crippen LogP contribution >= 0.6 is 0 Å². The van der Waals surface area contributed by atoms with Crippen molar-refractivity contribution >= 4 is 6.09 Å². The summed E-state index contributed by atoms with van der Waals surface area (Å²) in [5, 5.41) is 8.75. The predicted molar refractivity (Wildman–Crippen MR) is 54.1 cm³/mol. The van der Waals surface area contributed by atoms with E-state index >= 15 is 0 Å². The van der Waals surface area contributed by atoms with Gasteiger partial charge in [-0.25, -0.2) is 4.79 Å². The number of piperazine rings is 1. The molecule has 1 N–H and O–H groups in total. The first-order valence-electron chi connectivity index (χ1n) is 4.68. The van der Waals surface area contributed by atoms with E-state index in [0.29, 0.717) is 26.2 Å². The lowest BCUT2D eigenvalue weighted by atomic mass is 10.0. The summed E-state index contributed by atoms with van der Waals surface area (Å²) in [6, 6.07) is 0. The number of rotatable bonds is 1. The molecule has 0 bridgehead atoms. The molecule has 1 rings (SSSR count). The van der Waals surface area contributed by atoms with Crippen molar-refractivity contribution in [3.05, 3.63) is 0 Å². The van der Waals surface area contributed by atoms with Crippen LogP contribution in [0.25, 0.3) is 0 Å². The first-order chi connectivity index (χ1) is 6.47. The van der Waals surface area contributed by atoms with Crippen molar-refractivity contribution < 1.29 is 9.90 Å². The molecule has 0 aliphatic carbocycles. The highest BCUT2D eigenvalue weighted by Gasteiger charge is 2.29. The van der Waals surface area contributed by atoms with Crippen LogP contribution in [0, 0.1) is 12.3 Å². The van der Waals surface area contributed by atoms with Gasteiger partial charge in [0.2, 0.25) is 0 Å². The van der Waals surface area contributed by atoms with Crippen LogP contribution < -0.4 is 0 Å². The highest BCUT2D eigenvalue weighted by atomic mass is 16.4. The zero-order valence-electron chi connectivity index (χ0n) is 8.66. The molecule has 0 spiro atoms. The molecule has 1 saturated heterocycles. The predicted octanol–water partition coefficient (Wildman–Crippen LogP) is 0.694. The maximum atomic E-state index is 10.6. The fourth-order valence-electron chi connectivity index (χ4n) is 1.55. The van der Waals surface area contributed by atoms with Gasteiger partial charge in [-0.2, -0.15) is 0 Å². The zero-order chi connectivity index (χ0) is 10.8. The minimum atomic E-state index is -0.844. The highest BCUT2D eigenvalue weighted by molar-refractivity contribution is 5.65. The topological polar surface area (TPSA) is 43.8 Å². The highest BCUT2D eigenvalue weighted by Crippen LogP contribution is 2.15. The molecule has 0 saturated carbocycles. The van der Waals surface area contributed by atoms with Crippen LogP contribution in [-0.2, 0) is 0 Å². The average molecular weight is 196 g/mol. The summed E-state index contributed by atoms with van der Waals surface area (Å²) in [6.07, 6.45) is 4.57. The van der Waals surface area contributed by atoms with Crippen molar-refractivity contribution in [2.45, 2.75) is 19.4 Å². The smallest absolute Gasteiger partial charge is 0.407 e. The Labute approximate surface area is 84.5 Å². The van der Waals surface area contributed by atoms with Crippen LogP contribution in [-0.4, -0.2) is 52.7 Å². The molecule has 14 heavy (non-hydrogen) atoms. The van der Waals surface area contributed by atoms with E-state index in [-0.39, 0.29) is 5.54 Å². The molecule has 0 aromatic heterocycles. The molecule has 1 aliphatic rings. The molecule has 0 atom stereocenters. The van der Waals surface area contributed by atoms with Gasteiger partial charge in [0.1, 0.15) is 0 Å². The normalized spacial score (nSPS) is 19.1. The van der Waals surface area contributed by atoms with Crippen molar-refractivity contribution in [2.24, 2.45) is 0 Å². The molecule has 0 radical (unpaired) electrons. The molecule has 1 amide bonds. The van der Waals surface area contributed by atoms with Crippen LogP contribution in [0.1, 0.15) is 13.8 Å². The number of carboxylic acid groups (broad SMARTS) is 1. The van der Waals surface area contributed by atoms with E-state index < -0.39 is 6.09 Å². The van der Waals surface area contributed by atoms with Gasteiger partial charge in [0.15, 0.2) is 0 Å². The number of terminal acetylenes is 1. The third-order valence-electron chi connectivity index (χ3n) is 2.69. The van der Waals surface area contributed by atoms with Crippen molar-refractivity contribution in [2.75, 3.05) is 26.2 Å². The van der Waals surface area contributed by atoms with Gasteiger partial charge in [-0.15, -0.1) is 6.42 Å². The number of nitrogens with zero attached hydrogens (tertiary/aromatic N) is 2. The summed E-state index contributed by atoms with van der Waals surface area (Å²) < 4.78 is 0. The molecule has 4 heteroatoms. The van der Waals surface area contributed by atoms with Gasteiger partial charge in [-0.3, -0.25) is 4.90 Å². The molecule has 1 aliphatic heterocycles. The summed E-state index contributed by atoms with van der Waals surface area (Å²) in [6.45, 7) is 6.46. The van der Waals surface area contributed by atoms with Gasteiger partial charge in [0.05, 0.1) is 5.54 Å². The van der Waals surface area contributed by atoms with Crippen molar-refractivity contribution in [1.82, 2.24) is 9.80 Å². The lowest BCUT2D eigenvalue weighted by molar-refractivity contribution is 0.0745. The Kier molecular flexibility index (Phi) is 3.02. The Hall–Kier alpha value is -1.21. The minimum Gasteiger partial charge on any atom is -0.465 e. The maximum absolute atomic E-state index is 10.6. The Balaban J connectivity index is 2.52. The molecule has 1 fully saturated rings. The second-order valence-electron chi connectivity index (χ2n) is 3.96. The van der Waals surface area contributed by atoms with Crippen LogP contribution in [0.4, 0.5) is 4.79 Å². The molecule has 0 aromatic rings. The van der Waals surface area contributed by atoms with Crippen LogP contribution in [0.3, 0.4) is 0 Å². The molecular weight excluding hydrogens is 180 g/mol. The van der Waals surface area contributed by atoms with Crippen LogP contribution in [0.2, 0.25) is 0 Å². The van der Waals surface area contributed by atoms with Crippen LogP contribution in [0.15, 0.2) is 0 Å². The largest absolute Gasteiger partial charge is 0.465 e. The quantitative estimate of drug-likeness (QED) is 0.628. The Morgan fingerprint density at radius 3 is 2.21 bits per heavy atom. The van der Waals surface area contributed by atoms with E-state index in [1.165, 1.54) is 4.90 Å². The summed E-state index contributed by atoms with van der Waals surface area (Å²) in [7, 11) is 0. The molecule has 78 valence electrons. The number of hydrogen-bond acceptors (Lipinski definition) is 2. The second kappa shape index (κ2) is 3.89. The molecule has 0 aromatic carbocycles. The average Bonchev–Trinajstić information content (AvgIpc) is 2.18. The van der Waals surface area contributed by atoms with Crippen molar-refractivity contribution in [3.63, 3.8) is 0 Å². The monoisotopic (exact) mass is 196 g/mol. The number of carbonyl (C=O) groups is 1. The van der Waals surface area contributed by atoms with E-state index in [9.17, 15) is 4.79 Å². The van der Waals surface area contributed by atoms with E-state index in [0.717, 1.165) is 0 Å². The van der Waals surface area contributed by atoms with Gasteiger partial charge in [0.25, 0.3) is 0 Å². The molecule has 0 unspecified atom stereocenters. The summed E-state index contributed by atoms with van der Waals surface area (Å²) in [4.78, 5) is 14.2. The molecule has 4 nitrogen and oxygen atoms in total. The minimum absolute atomic E-state index is 0.273. The first-order valence-corrected chi connectivity index (χ1v) is 4.68. The van der Waals surface area contributed by atoms with Crippen LogP contribution in [0.5, 0.6) is 0 Å². The summed E-state index contributed by atoms with van der Waals surface area (Å²) in [5.41, 5.74) is -0.273. The van der Waals surface area contributed by atoms with Gasteiger partial charge in [-0.05, 0) is 13.8 Å². The van der Waals surface area contributed by atoms with E-state index in [1.54, 1.807) is 0 Å². The van der Waals surface area contributed by atoms with E-state index in [4.69, 9.17) is 11.5 Å². The van der Waals surface area contributed by atoms with E-state index in [2.05, 4.69) is 10.8 Å².